The molecule has 18 heavy (non-hydrogen) atoms. The van der Waals surface area contributed by atoms with Gasteiger partial charge in [0.25, 0.3) is 0 Å². The summed E-state index contributed by atoms with van der Waals surface area (Å²) in [6, 6.07) is 18.2. The van der Waals surface area contributed by atoms with Gasteiger partial charge in [0.2, 0.25) is 5.96 Å². The van der Waals surface area contributed by atoms with E-state index >= 15 is 0 Å². The van der Waals surface area contributed by atoms with E-state index in [2.05, 4.69) is 33.9 Å². The molecule has 4 N–H and O–H groups in total. The maximum atomic E-state index is 5.38. The van der Waals surface area contributed by atoms with Gasteiger partial charge in [-0.1, -0.05) is 48.5 Å². The van der Waals surface area contributed by atoms with Gasteiger partial charge in [-0.2, -0.15) is 0 Å². The molecule has 0 amide bonds. The zero-order valence-electron chi connectivity index (χ0n) is 10.2. The Kier molecular flexibility index (Phi) is 3.94. The fourth-order valence-electron chi connectivity index (χ4n) is 1.75. The summed E-state index contributed by atoms with van der Waals surface area (Å²) in [5.41, 5.74) is 5.73. The standard InChI is InChI=1S/C14H16N4/c1-16-14(18-15)17-13-10-6-5-9-12(13)11-7-3-2-4-8-11/h2-10H,15H2,1H3,(H2,16,17,18). The van der Waals surface area contributed by atoms with Crippen molar-refractivity contribution in [2.24, 2.45) is 10.8 Å². The van der Waals surface area contributed by atoms with Crippen molar-refractivity contribution in [2.45, 2.75) is 0 Å². The van der Waals surface area contributed by atoms with E-state index < -0.39 is 0 Å². The Morgan fingerprint density at radius 3 is 2.33 bits per heavy atom. The lowest BCUT2D eigenvalue weighted by molar-refractivity contribution is 1.01. The Labute approximate surface area is 107 Å². The molecule has 0 aliphatic carbocycles. The van der Waals surface area contributed by atoms with Crippen LogP contribution in [-0.4, -0.2) is 13.0 Å². The number of hydrogen-bond donors (Lipinski definition) is 3. The van der Waals surface area contributed by atoms with Crippen molar-refractivity contribution in [3.63, 3.8) is 0 Å². The SMILES string of the molecule is CN=C(NN)Nc1ccccc1-c1ccccc1. The third-order valence-corrected chi connectivity index (χ3v) is 2.63. The Bertz CT molecular complexity index is 535. The number of nitrogens with zero attached hydrogens (tertiary/aromatic N) is 1. The molecule has 0 fully saturated rings. The summed E-state index contributed by atoms with van der Waals surface area (Å²) in [7, 11) is 1.67. The summed E-state index contributed by atoms with van der Waals surface area (Å²) >= 11 is 0. The lowest BCUT2D eigenvalue weighted by Crippen LogP contribution is -2.36. The molecule has 0 saturated carbocycles. The molecule has 0 heterocycles. The summed E-state index contributed by atoms with van der Waals surface area (Å²) in [4.78, 5) is 4.01. The highest BCUT2D eigenvalue weighted by Crippen LogP contribution is 2.27. The Hall–Kier alpha value is -2.33. The number of hydrogen-bond acceptors (Lipinski definition) is 2. The van der Waals surface area contributed by atoms with Crippen molar-refractivity contribution >= 4 is 11.6 Å². The molecule has 2 rings (SSSR count). The van der Waals surface area contributed by atoms with Crippen LogP contribution in [0.15, 0.2) is 59.6 Å². The van der Waals surface area contributed by atoms with Gasteiger partial charge < -0.3 is 5.32 Å². The minimum atomic E-state index is 0.526. The second-order valence-corrected chi connectivity index (χ2v) is 3.75. The molecule has 0 aromatic heterocycles. The fraction of sp³-hybridized carbons (Fsp3) is 0.0714. The van der Waals surface area contributed by atoms with Crippen molar-refractivity contribution in [1.29, 1.82) is 0 Å². The second kappa shape index (κ2) is 5.84. The van der Waals surface area contributed by atoms with Crippen molar-refractivity contribution in [2.75, 3.05) is 12.4 Å². The first-order valence-electron chi connectivity index (χ1n) is 5.70. The van der Waals surface area contributed by atoms with Crippen LogP contribution in [0, 0.1) is 0 Å². The first-order chi connectivity index (χ1) is 8.85. The van der Waals surface area contributed by atoms with Crippen molar-refractivity contribution in [1.82, 2.24) is 5.43 Å². The van der Waals surface area contributed by atoms with Crippen LogP contribution in [0.25, 0.3) is 11.1 Å². The average Bonchev–Trinajstić information content (AvgIpc) is 2.46. The lowest BCUT2D eigenvalue weighted by Gasteiger charge is -2.13. The molecule has 0 aliphatic rings. The lowest BCUT2D eigenvalue weighted by atomic mass is 10.0. The highest BCUT2D eigenvalue weighted by Gasteiger charge is 2.05. The number of rotatable bonds is 2. The highest BCUT2D eigenvalue weighted by atomic mass is 15.3. The third-order valence-electron chi connectivity index (χ3n) is 2.63. The molecular formula is C14H16N4. The van der Waals surface area contributed by atoms with E-state index in [-0.39, 0.29) is 0 Å². The zero-order chi connectivity index (χ0) is 12.8. The molecule has 92 valence electrons. The van der Waals surface area contributed by atoms with Gasteiger partial charge in [-0.25, -0.2) is 5.84 Å². The van der Waals surface area contributed by atoms with Gasteiger partial charge >= 0.3 is 0 Å². The van der Waals surface area contributed by atoms with Crippen LogP contribution in [0.5, 0.6) is 0 Å². The largest absolute Gasteiger partial charge is 0.325 e. The first kappa shape index (κ1) is 12.1. The summed E-state index contributed by atoms with van der Waals surface area (Å²) in [5.74, 6) is 5.90. The minimum Gasteiger partial charge on any atom is -0.325 e. The topological polar surface area (TPSA) is 62.4 Å². The Balaban J connectivity index is 2.38. The molecule has 0 unspecified atom stereocenters. The van der Waals surface area contributed by atoms with Crippen molar-refractivity contribution in [3.8, 4) is 11.1 Å². The van der Waals surface area contributed by atoms with Crippen molar-refractivity contribution in [3.05, 3.63) is 54.6 Å². The number of para-hydroxylation sites is 1. The van der Waals surface area contributed by atoms with E-state index in [0.717, 1.165) is 16.8 Å². The number of benzene rings is 2. The number of guanidine groups is 1. The summed E-state index contributed by atoms with van der Waals surface area (Å²) in [6.07, 6.45) is 0. The maximum Gasteiger partial charge on any atom is 0.209 e. The molecule has 4 nitrogen and oxygen atoms in total. The molecular weight excluding hydrogens is 224 g/mol. The summed E-state index contributed by atoms with van der Waals surface area (Å²) in [6.45, 7) is 0. The second-order valence-electron chi connectivity index (χ2n) is 3.75. The Morgan fingerprint density at radius 2 is 1.67 bits per heavy atom. The smallest absolute Gasteiger partial charge is 0.209 e. The maximum absolute atomic E-state index is 5.38. The summed E-state index contributed by atoms with van der Waals surface area (Å²) < 4.78 is 0. The molecule has 0 spiro atoms. The molecule has 2 aromatic carbocycles. The molecule has 2 aromatic rings. The predicted octanol–water partition coefficient (Wildman–Crippen LogP) is 2.21. The van der Waals surface area contributed by atoms with Crippen LogP contribution in [0.3, 0.4) is 0 Å². The van der Waals surface area contributed by atoms with E-state index in [0.29, 0.717) is 5.96 Å². The molecule has 0 atom stereocenters. The monoisotopic (exact) mass is 240 g/mol. The molecule has 0 saturated heterocycles. The van der Waals surface area contributed by atoms with Gasteiger partial charge in [0, 0.05) is 18.3 Å². The normalized spacial score (nSPS) is 11.1. The first-order valence-corrected chi connectivity index (χ1v) is 5.70. The third kappa shape index (κ3) is 2.67. The van der Waals surface area contributed by atoms with Crippen LogP contribution in [0.2, 0.25) is 0 Å². The number of nitrogens with one attached hydrogen (secondary N) is 2. The molecule has 0 aliphatic heterocycles. The highest BCUT2D eigenvalue weighted by molar-refractivity contribution is 5.97. The van der Waals surface area contributed by atoms with E-state index in [9.17, 15) is 0 Å². The summed E-state index contributed by atoms with van der Waals surface area (Å²) in [5, 5.41) is 3.16. The van der Waals surface area contributed by atoms with Gasteiger partial charge in [-0.15, -0.1) is 0 Å². The molecule has 0 radical (unpaired) electrons. The average molecular weight is 240 g/mol. The van der Waals surface area contributed by atoms with Gasteiger partial charge in [0.1, 0.15) is 0 Å². The zero-order valence-corrected chi connectivity index (χ0v) is 10.2. The van der Waals surface area contributed by atoms with Crippen LogP contribution in [0.4, 0.5) is 5.69 Å². The fourth-order valence-corrected chi connectivity index (χ4v) is 1.75. The van der Waals surface area contributed by atoms with E-state index in [1.165, 1.54) is 0 Å². The molecule has 4 heteroatoms. The van der Waals surface area contributed by atoms with E-state index in [1.807, 2.05) is 36.4 Å². The van der Waals surface area contributed by atoms with E-state index in [1.54, 1.807) is 7.05 Å². The minimum absolute atomic E-state index is 0.526. The molecule has 0 bridgehead atoms. The number of hydrazine groups is 1. The van der Waals surface area contributed by atoms with E-state index in [4.69, 9.17) is 5.84 Å². The quantitative estimate of drug-likeness (QED) is 0.326. The van der Waals surface area contributed by atoms with Gasteiger partial charge in [-0.05, 0) is 11.6 Å². The van der Waals surface area contributed by atoms with Crippen LogP contribution >= 0.6 is 0 Å². The Morgan fingerprint density at radius 1 is 1.00 bits per heavy atom. The van der Waals surface area contributed by atoms with Crippen LogP contribution in [0.1, 0.15) is 0 Å². The predicted molar refractivity (Wildman–Crippen MR) is 76.2 cm³/mol. The number of aliphatic imine (C=N–C) groups is 1. The van der Waals surface area contributed by atoms with Crippen LogP contribution in [-0.2, 0) is 0 Å². The number of anilines is 1. The van der Waals surface area contributed by atoms with Gasteiger partial charge in [-0.3, -0.25) is 10.4 Å². The number of nitrogens with two attached hydrogens (primary N) is 1. The van der Waals surface area contributed by atoms with Crippen molar-refractivity contribution < 1.29 is 0 Å². The van der Waals surface area contributed by atoms with Gasteiger partial charge in [0.15, 0.2) is 0 Å². The van der Waals surface area contributed by atoms with Gasteiger partial charge in [0.05, 0.1) is 0 Å². The van der Waals surface area contributed by atoms with Crippen LogP contribution < -0.4 is 16.6 Å².